The lowest BCUT2D eigenvalue weighted by Gasteiger charge is -2.10. The van der Waals surface area contributed by atoms with Crippen molar-refractivity contribution in [1.29, 1.82) is 0 Å². The molecule has 1 aromatic heterocycles. The Morgan fingerprint density at radius 3 is 2.67 bits per heavy atom. The second-order valence-corrected chi connectivity index (χ2v) is 5.40. The Bertz CT molecular complexity index is 688. The van der Waals surface area contributed by atoms with Crippen molar-refractivity contribution in [3.8, 4) is 11.4 Å². The molecule has 1 heterocycles. The average Bonchev–Trinajstić information content (AvgIpc) is 3.31. The van der Waals surface area contributed by atoms with E-state index in [4.69, 9.17) is 0 Å². The van der Waals surface area contributed by atoms with Crippen LogP contribution in [0.15, 0.2) is 35.1 Å². The van der Waals surface area contributed by atoms with Crippen LogP contribution in [0.3, 0.4) is 0 Å². The fourth-order valence-electron chi connectivity index (χ4n) is 2.19. The van der Waals surface area contributed by atoms with Gasteiger partial charge in [-0.3, -0.25) is 4.79 Å². The number of hydrogen-bond donors (Lipinski definition) is 2. The Kier molecular flexibility index (Phi) is 3.75. The third kappa shape index (κ3) is 3.13. The highest BCUT2D eigenvalue weighted by Crippen LogP contribution is 2.20. The number of aromatic hydroxyl groups is 1. The highest BCUT2D eigenvalue weighted by molar-refractivity contribution is 5.35. The highest BCUT2D eigenvalue weighted by Gasteiger charge is 2.21. The molecule has 1 aromatic carbocycles. The quantitative estimate of drug-likeness (QED) is 0.878. The number of nitrogens with one attached hydrogen (secondary N) is 1. The molecule has 0 amide bonds. The van der Waals surface area contributed by atoms with Crippen molar-refractivity contribution >= 4 is 0 Å². The van der Waals surface area contributed by atoms with Gasteiger partial charge in [-0.2, -0.15) is 9.78 Å². The Morgan fingerprint density at radius 1 is 1.33 bits per heavy atom. The maximum atomic E-state index is 12.0. The van der Waals surface area contributed by atoms with Gasteiger partial charge in [0.2, 0.25) is 0 Å². The molecule has 0 bridgehead atoms. The molecule has 5 heteroatoms. The summed E-state index contributed by atoms with van der Waals surface area (Å²) < 4.78 is 1.34. The highest BCUT2D eigenvalue weighted by atomic mass is 16.3. The van der Waals surface area contributed by atoms with Crippen LogP contribution in [-0.4, -0.2) is 20.9 Å². The van der Waals surface area contributed by atoms with Crippen molar-refractivity contribution in [3.05, 3.63) is 51.9 Å². The second kappa shape index (κ2) is 5.69. The Labute approximate surface area is 123 Å². The van der Waals surface area contributed by atoms with E-state index in [9.17, 15) is 9.90 Å². The summed E-state index contributed by atoms with van der Waals surface area (Å²) in [6, 6.07) is 9.47. The minimum absolute atomic E-state index is 0.0467. The van der Waals surface area contributed by atoms with Gasteiger partial charge in [0.05, 0.1) is 5.69 Å². The lowest BCUT2D eigenvalue weighted by atomic mass is 10.1. The Balaban J connectivity index is 1.91. The molecule has 0 atom stereocenters. The van der Waals surface area contributed by atoms with Crippen LogP contribution in [0.25, 0.3) is 5.69 Å². The third-order valence-electron chi connectivity index (χ3n) is 3.71. The smallest absolute Gasteiger partial charge is 0.275 e. The summed E-state index contributed by atoms with van der Waals surface area (Å²) in [6.45, 7) is 2.56. The van der Waals surface area contributed by atoms with Crippen molar-refractivity contribution in [3.63, 3.8) is 0 Å². The van der Waals surface area contributed by atoms with Crippen LogP contribution in [0.4, 0.5) is 0 Å². The molecule has 2 N–H and O–H groups in total. The van der Waals surface area contributed by atoms with Crippen LogP contribution in [0.1, 0.15) is 31.0 Å². The minimum atomic E-state index is -0.327. The van der Waals surface area contributed by atoms with Crippen molar-refractivity contribution in [1.82, 2.24) is 15.1 Å². The summed E-state index contributed by atoms with van der Waals surface area (Å²) >= 11 is 0. The number of aromatic nitrogens is 2. The topological polar surface area (TPSA) is 67.2 Å². The van der Waals surface area contributed by atoms with E-state index >= 15 is 0 Å². The van der Waals surface area contributed by atoms with Gasteiger partial charge in [-0.05, 0) is 37.0 Å². The predicted octanol–water partition coefficient (Wildman–Crippen LogP) is 1.75. The first-order valence-corrected chi connectivity index (χ1v) is 7.32. The van der Waals surface area contributed by atoms with Gasteiger partial charge in [-0.1, -0.05) is 19.1 Å². The summed E-state index contributed by atoms with van der Waals surface area (Å²) in [5.41, 5.74) is 2.10. The van der Waals surface area contributed by atoms with Gasteiger partial charge in [-0.25, -0.2) is 0 Å². The molecule has 1 aliphatic carbocycles. The maximum absolute atomic E-state index is 12.0. The standard InChI is InChI=1S/C16H19N3O2/c1-2-11-3-7-13(8-4-11)19-16(21)9-15(20)14(18-19)10-17-12-5-6-12/h3-4,7-9,12,17,20H,2,5-6,10H2,1H3. The first kappa shape index (κ1) is 13.8. The van der Waals surface area contributed by atoms with E-state index in [1.807, 2.05) is 24.3 Å². The van der Waals surface area contributed by atoms with Crippen LogP contribution in [0, 0.1) is 0 Å². The molecule has 0 saturated heterocycles. The molecular formula is C16H19N3O2. The monoisotopic (exact) mass is 285 g/mol. The summed E-state index contributed by atoms with van der Waals surface area (Å²) in [4.78, 5) is 12.0. The van der Waals surface area contributed by atoms with E-state index in [1.54, 1.807) is 0 Å². The maximum Gasteiger partial charge on any atom is 0.275 e. The van der Waals surface area contributed by atoms with Gasteiger partial charge in [0.1, 0.15) is 11.4 Å². The van der Waals surface area contributed by atoms with Crippen molar-refractivity contribution in [2.75, 3.05) is 0 Å². The van der Waals surface area contributed by atoms with E-state index < -0.39 is 0 Å². The molecule has 5 nitrogen and oxygen atoms in total. The predicted molar refractivity (Wildman–Crippen MR) is 80.7 cm³/mol. The minimum Gasteiger partial charge on any atom is -0.506 e. The Morgan fingerprint density at radius 2 is 2.05 bits per heavy atom. The molecular weight excluding hydrogens is 266 g/mol. The van der Waals surface area contributed by atoms with E-state index in [0.29, 0.717) is 24.0 Å². The zero-order valence-electron chi connectivity index (χ0n) is 12.0. The van der Waals surface area contributed by atoms with Gasteiger partial charge in [0.15, 0.2) is 0 Å². The van der Waals surface area contributed by atoms with E-state index in [-0.39, 0.29) is 11.3 Å². The lowest BCUT2D eigenvalue weighted by molar-refractivity contribution is 0.451. The molecule has 2 aromatic rings. The summed E-state index contributed by atoms with van der Waals surface area (Å²) in [5, 5.41) is 17.4. The Hall–Kier alpha value is -2.14. The zero-order valence-corrected chi connectivity index (χ0v) is 12.0. The molecule has 0 aliphatic heterocycles. The van der Waals surface area contributed by atoms with Crippen molar-refractivity contribution in [2.24, 2.45) is 0 Å². The second-order valence-electron chi connectivity index (χ2n) is 5.40. The number of rotatable bonds is 5. The molecule has 0 radical (unpaired) electrons. The summed E-state index contributed by atoms with van der Waals surface area (Å²) in [7, 11) is 0. The van der Waals surface area contributed by atoms with Gasteiger partial charge >= 0.3 is 0 Å². The van der Waals surface area contributed by atoms with E-state index in [1.165, 1.54) is 29.2 Å². The number of nitrogens with zero attached hydrogens (tertiary/aromatic N) is 2. The first-order valence-electron chi connectivity index (χ1n) is 7.32. The SMILES string of the molecule is CCc1ccc(-n2nc(CNC3CC3)c(O)cc2=O)cc1. The fraction of sp³-hybridized carbons (Fsp3) is 0.375. The van der Waals surface area contributed by atoms with Gasteiger partial charge in [-0.15, -0.1) is 0 Å². The van der Waals surface area contributed by atoms with Crippen LogP contribution >= 0.6 is 0 Å². The molecule has 0 unspecified atom stereocenters. The normalized spacial score (nSPS) is 14.3. The van der Waals surface area contributed by atoms with Crippen LogP contribution in [-0.2, 0) is 13.0 Å². The average molecular weight is 285 g/mol. The van der Waals surface area contributed by atoms with Crippen molar-refractivity contribution in [2.45, 2.75) is 38.8 Å². The summed E-state index contributed by atoms with van der Waals surface area (Å²) in [5.74, 6) is -0.0467. The molecule has 1 fully saturated rings. The number of benzene rings is 1. The largest absolute Gasteiger partial charge is 0.506 e. The van der Waals surface area contributed by atoms with Crippen molar-refractivity contribution < 1.29 is 5.11 Å². The molecule has 1 aliphatic rings. The third-order valence-corrected chi connectivity index (χ3v) is 3.71. The first-order chi connectivity index (χ1) is 10.2. The molecule has 0 spiro atoms. The molecule has 110 valence electrons. The fourth-order valence-corrected chi connectivity index (χ4v) is 2.19. The van der Waals surface area contributed by atoms with Gasteiger partial charge in [0, 0.05) is 18.7 Å². The van der Waals surface area contributed by atoms with Gasteiger partial charge in [0.25, 0.3) is 5.56 Å². The van der Waals surface area contributed by atoms with Gasteiger partial charge < -0.3 is 10.4 Å². The number of aryl methyl sites for hydroxylation is 1. The zero-order chi connectivity index (χ0) is 14.8. The molecule has 3 rings (SSSR count). The van der Waals surface area contributed by atoms with E-state index in [0.717, 1.165) is 6.42 Å². The number of hydrogen-bond acceptors (Lipinski definition) is 4. The van der Waals surface area contributed by atoms with E-state index in [2.05, 4.69) is 17.3 Å². The van der Waals surface area contributed by atoms with Crippen LogP contribution in [0.2, 0.25) is 0 Å². The molecule has 21 heavy (non-hydrogen) atoms. The lowest BCUT2D eigenvalue weighted by Crippen LogP contribution is -2.24. The van der Waals surface area contributed by atoms with Crippen LogP contribution < -0.4 is 10.9 Å². The van der Waals surface area contributed by atoms with Crippen LogP contribution in [0.5, 0.6) is 5.75 Å². The molecule has 1 saturated carbocycles. The summed E-state index contributed by atoms with van der Waals surface area (Å²) in [6.07, 6.45) is 3.28.